The number of rotatable bonds is 3. The van der Waals surface area contributed by atoms with E-state index in [1.807, 2.05) is 0 Å². The SMILES string of the molecule is CC(=O)C(=O)CC=N. The van der Waals surface area contributed by atoms with E-state index in [1.54, 1.807) is 0 Å². The number of nitrogens with one attached hydrogen (secondary N) is 1. The molecule has 0 aromatic rings. The minimum Gasteiger partial charge on any atom is -0.313 e. The molecule has 0 rings (SSSR count). The topological polar surface area (TPSA) is 58.0 Å². The fourth-order valence-electron chi connectivity index (χ4n) is 0.236. The van der Waals surface area contributed by atoms with Gasteiger partial charge in [0.1, 0.15) is 0 Å². The van der Waals surface area contributed by atoms with Crippen molar-refractivity contribution in [2.24, 2.45) is 0 Å². The quantitative estimate of drug-likeness (QED) is 0.419. The van der Waals surface area contributed by atoms with Crippen LogP contribution >= 0.6 is 0 Å². The van der Waals surface area contributed by atoms with Gasteiger partial charge in [-0.3, -0.25) is 9.59 Å². The molecule has 0 aromatic heterocycles. The molecule has 0 radical (unpaired) electrons. The van der Waals surface area contributed by atoms with Gasteiger partial charge in [-0.25, -0.2) is 0 Å². The fourth-order valence-corrected chi connectivity index (χ4v) is 0.236. The molecule has 0 saturated carbocycles. The lowest BCUT2D eigenvalue weighted by Crippen LogP contribution is -2.08. The monoisotopic (exact) mass is 113 g/mol. The van der Waals surface area contributed by atoms with Crippen molar-refractivity contribution in [2.45, 2.75) is 13.3 Å². The molecule has 0 saturated heterocycles. The van der Waals surface area contributed by atoms with Gasteiger partial charge in [0.2, 0.25) is 5.78 Å². The first-order valence-electron chi connectivity index (χ1n) is 2.21. The van der Waals surface area contributed by atoms with E-state index in [1.165, 1.54) is 6.92 Å². The summed E-state index contributed by atoms with van der Waals surface area (Å²) >= 11 is 0. The van der Waals surface area contributed by atoms with E-state index >= 15 is 0 Å². The number of Topliss-reactive ketones (excluding diaryl/α,β-unsaturated/α-hetero) is 2. The van der Waals surface area contributed by atoms with E-state index in [-0.39, 0.29) is 6.42 Å². The number of hydrogen-bond acceptors (Lipinski definition) is 3. The summed E-state index contributed by atoms with van der Waals surface area (Å²) in [5.74, 6) is -0.978. The lowest BCUT2D eigenvalue weighted by Gasteiger charge is -1.82. The molecule has 0 unspecified atom stereocenters. The highest BCUT2D eigenvalue weighted by atomic mass is 16.2. The predicted octanol–water partition coefficient (Wildman–Crippen LogP) is 0.184. The molecule has 0 amide bonds. The third kappa shape index (κ3) is 2.23. The summed E-state index contributed by atoms with van der Waals surface area (Å²) in [4.78, 5) is 20.3. The van der Waals surface area contributed by atoms with Crippen molar-refractivity contribution in [3.63, 3.8) is 0 Å². The second-order valence-corrected chi connectivity index (χ2v) is 1.39. The van der Waals surface area contributed by atoms with Crippen molar-refractivity contribution in [3.05, 3.63) is 0 Å². The van der Waals surface area contributed by atoms with Crippen LogP contribution in [0.5, 0.6) is 0 Å². The number of hydrogen-bond donors (Lipinski definition) is 1. The Hall–Kier alpha value is -0.990. The van der Waals surface area contributed by atoms with Crippen LogP contribution in [-0.2, 0) is 9.59 Å². The van der Waals surface area contributed by atoms with Crippen molar-refractivity contribution in [2.75, 3.05) is 0 Å². The minimum absolute atomic E-state index is 0.0602. The summed E-state index contributed by atoms with van der Waals surface area (Å²) in [5.41, 5.74) is 0. The van der Waals surface area contributed by atoms with E-state index in [2.05, 4.69) is 0 Å². The Labute approximate surface area is 47.2 Å². The highest BCUT2D eigenvalue weighted by Gasteiger charge is 2.02. The minimum atomic E-state index is -0.500. The second-order valence-electron chi connectivity index (χ2n) is 1.39. The average Bonchev–Trinajstić information content (AvgIpc) is 1.67. The zero-order chi connectivity index (χ0) is 6.57. The van der Waals surface area contributed by atoms with Gasteiger partial charge in [-0.15, -0.1) is 0 Å². The maximum atomic E-state index is 10.2. The lowest BCUT2D eigenvalue weighted by molar-refractivity contribution is -0.134. The molecule has 0 atom stereocenters. The normalized spacial score (nSPS) is 8.12. The smallest absolute Gasteiger partial charge is 0.203 e. The van der Waals surface area contributed by atoms with Gasteiger partial charge in [0.15, 0.2) is 5.78 Å². The Morgan fingerprint density at radius 3 is 2.25 bits per heavy atom. The van der Waals surface area contributed by atoms with Gasteiger partial charge >= 0.3 is 0 Å². The lowest BCUT2D eigenvalue weighted by atomic mass is 10.2. The highest BCUT2D eigenvalue weighted by molar-refractivity contribution is 6.38. The van der Waals surface area contributed by atoms with Crippen molar-refractivity contribution >= 4 is 17.8 Å². The molecule has 0 aliphatic rings. The van der Waals surface area contributed by atoms with E-state index in [9.17, 15) is 9.59 Å². The van der Waals surface area contributed by atoms with Gasteiger partial charge < -0.3 is 5.41 Å². The number of carbonyl (C=O) groups is 2. The van der Waals surface area contributed by atoms with Crippen LogP contribution in [0.3, 0.4) is 0 Å². The molecule has 1 N–H and O–H groups in total. The van der Waals surface area contributed by atoms with Crippen LogP contribution in [0.4, 0.5) is 0 Å². The van der Waals surface area contributed by atoms with Crippen molar-refractivity contribution < 1.29 is 9.59 Å². The standard InChI is InChI=1S/C5H7NO2/c1-4(7)5(8)2-3-6/h3,6H,2H2,1H3. The Morgan fingerprint density at radius 2 is 2.12 bits per heavy atom. The summed E-state index contributed by atoms with van der Waals surface area (Å²) in [6, 6.07) is 0. The molecule has 0 heterocycles. The van der Waals surface area contributed by atoms with Crippen LogP contribution in [0, 0.1) is 5.41 Å². The summed E-state index contributed by atoms with van der Waals surface area (Å²) in [7, 11) is 0. The molecule has 0 aliphatic carbocycles. The van der Waals surface area contributed by atoms with Gasteiger partial charge in [-0.2, -0.15) is 0 Å². The van der Waals surface area contributed by atoms with E-state index in [0.717, 1.165) is 6.21 Å². The Bertz CT molecular complexity index is 128. The first-order valence-corrected chi connectivity index (χ1v) is 2.21. The van der Waals surface area contributed by atoms with Gasteiger partial charge in [-0.1, -0.05) is 0 Å². The first-order chi connectivity index (χ1) is 3.68. The molecular weight excluding hydrogens is 106 g/mol. The third-order valence-electron chi connectivity index (χ3n) is 0.680. The molecule has 0 spiro atoms. The summed E-state index contributed by atoms with van der Waals surface area (Å²) in [6.45, 7) is 1.20. The maximum Gasteiger partial charge on any atom is 0.203 e. The molecule has 3 nitrogen and oxygen atoms in total. The molecular formula is C5H7NO2. The van der Waals surface area contributed by atoms with Crippen LogP contribution < -0.4 is 0 Å². The summed E-state index contributed by atoms with van der Waals surface area (Å²) in [6.07, 6.45) is 0.860. The van der Waals surface area contributed by atoms with Crippen molar-refractivity contribution in [3.8, 4) is 0 Å². The van der Waals surface area contributed by atoms with E-state index in [0.29, 0.717) is 0 Å². The van der Waals surface area contributed by atoms with Crippen LogP contribution in [0.1, 0.15) is 13.3 Å². The van der Waals surface area contributed by atoms with E-state index in [4.69, 9.17) is 5.41 Å². The zero-order valence-electron chi connectivity index (χ0n) is 4.60. The number of ketones is 2. The van der Waals surface area contributed by atoms with Gasteiger partial charge in [0, 0.05) is 19.6 Å². The van der Waals surface area contributed by atoms with Crippen LogP contribution in [-0.4, -0.2) is 17.8 Å². The maximum absolute atomic E-state index is 10.2. The van der Waals surface area contributed by atoms with Crippen molar-refractivity contribution in [1.82, 2.24) is 0 Å². The molecule has 0 fully saturated rings. The third-order valence-corrected chi connectivity index (χ3v) is 0.680. The highest BCUT2D eigenvalue weighted by Crippen LogP contribution is 1.78. The fraction of sp³-hybridized carbons (Fsp3) is 0.400. The molecule has 3 heteroatoms. The van der Waals surface area contributed by atoms with Crippen LogP contribution in [0.15, 0.2) is 0 Å². The largest absolute Gasteiger partial charge is 0.313 e. The zero-order valence-corrected chi connectivity index (χ0v) is 4.60. The van der Waals surface area contributed by atoms with Crippen LogP contribution in [0.2, 0.25) is 0 Å². The Balaban J connectivity index is 3.65. The first kappa shape index (κ1) is 7.01. The molecule has 0 bridgehead atoms. The summed E-state index contributed by atoms with van der Waals surface area (Å²) in [5, 5.41) is 6.43. The Kier molecular flexibility index (Phi) is 2.69. The Morgan fingerprint density at radius 1 is 1.62 bits per heavy atom. The van der Waals surface area contributed by atoms with Gasteiger partial charge in [0.25, 0.3) is 0 Å². The second kappa shape index (κ2) is 3.07. The predicted molar refractivity (Wildman–Crippen MR) is 29.1 cm³/mol. The van der Waals surface area contributed by atoms with Gasteiger partial charge in [-0.05, 0) is 0 Å². The molecule has 0 aromatic carbocycles. The number of carbonyl (C=O) groups excluding carboxylic acids is 2. The summed E-state index contributed by atoms with van der Waals surface area (Å²) < 4.78 is 0. The molecule has 44 valence electrons. The average molecular weight is 113 g/mol. The molecule has 8 heavy (non-hydrogen) atoms. The van der Waals surface area contributed by atoms with Crippen molar-refractivity contribution in [1.29, 1.82) is 5.41 Å². The molecule has 0 aliphatic heterocycles. The van der Waals surface area contributed by atoms with E-state index < -0.39 is 11.6 Å². The van der Waals surface area contributed by atoms with Gasteiger partial charge in [0.05, 0.1) is 0 Å². The van der Waals surface area contributed by atoms with Crippen LogP contribution in [0.25, 0.3) is 0 Å².